The lowest BCUT2D eigenvalue weighted by molar-refractivity contribution is -0.129. The first kappa shape index (κ1) is 18.5. The minimum absolute atomic E-state index is 0.00574. The number of rotatable bonds is 5. The second kappa shape index (κ2) is 7.50. The molecule has 0 saturated carbocycles. The summed E-state index contributed by atoms with van der Waals surface area (Å²) >= 11 is 1.42. The normalized spacial score (nSPS) is 13.6. The summed E-state index contributed by atoms with van der Waals surface area (Å²) in [5, 5.41) is 2.75. The molecular weight excluding hydrogens is 350 g/mol. The van der Waals surface area contributed by atoms with Gasteiger partial charge in [0.1, 0.15) is 10.6 Å². The van der Waals surface area contributed by atoms with Crippen molar-refractivity contribution in [2.45, 2.75) is 45.8 Å². The van der Waals surface area contributed by atoms with Crippen molar-refractivity contribution in [2.75, 3.05) is 7.11 Å². The molecule has 1 atom stereocenters. The number of hydrogen-bond acceptors (Lipinski definition) is 5. The Morgan fingerprint density at radius 2 is 1.85 bits per heavy atom. The summed E-state index contributed by atoms with van der Waals surface area (Å²) < 4.78 is 10.6. The van der Waals surface area contributed by atoms with Gasteiger partial charge in [-0.3, -0.25) is 4.79 Å². The summed E-state index contributed by atoms with van der Waals surface area (Å²) in [5.74, 6) is 0.103. The van der Waals surface area contributed by atoms with E-state index in [1.54, 1.807) is 14.0 Å². The third-order valence-electron chi connectivity index (χ3n) is 4.31. The van der Waals surface area contributed by atoms with E-state index >= 15 is 0 Å². The molecule has 26 heavy (non-hydrogen) atoms. The highest BCUT2D eigenvalue weighted by molar-refractivity contribution is 7.17. The summed E-state index contributed by atoms with van der Waals surface area (Å²) in [5.41, 5.74) is 3.52. The maximum absolute atomic E-state index is 12.5. The molecule has 0 bridgehead atoms. The summed E-state index contributed by atoms with van der Waals surface area (Å²) in [6.07, 6.45) is 0.973. The molecule has 0 unspecified atom stereocenters. The van der Waals surface area contributed by atoms with Crippen LogP contribution in [0.5, 0.6) is 5.75 Å². The molecule has 138 valence electrons. The van der Waals surface area contributed by atoms with Crippen LogP contribution in [0.3, 0.4) is 0 Å². The van der Waals surface area contributed by atoms with Crippen LogP contribution in [-0.2, 0) is 22.4 Å². The second-order valence-electron chi connectivity index (χ2n) is 6.70. The Balaban J connectivity index is 1.78. The number of carbonyl (C=O) groups is 2. The van der Waals surface area contributed by atoms with E-state index in [-0.39, 0.29) is 11.9 Å². The van der Waals surface area contributed by atoms with Crippen LogP contribution < -0.4 is 10.1 Å². The summed E-state index contributed by atoms with van der Waals surface area (Å²) in [6, 6.07) is 7.92. The van der Waals surface area contributed by atoms with Crippen LogP contribution in [0.1, 0.15) is 41.6 Å². The third-order valence-corrected chi connectivity index (χ3v) is 5.51. The van der Waals surface area contributed by atoms with Crippen LogP contribution >= 0.6 is 11.3 Å². The number of benzene rings is 1. The summed E-state index contributed by atoms with van der Waals surface area (Å²) in [6.45, 7) is 5.32. The highest BCUT2D eigenvalue weighted by atomic mass is 32.1. The molecule has 3 rings (SSSR count). The van der Waals surface area contributed by atoms with Gasteiger partial charge in [0.15, 0.2) is 6.10 Å². The Labute approximate surface area is 157 Å². The fraction of sp³-hybridized carbons (Fsp3) is 0.400. The zero-order valence-electron chi connectivity index (χ0n) is 15.4. The smallest absolute Gasteiger partial charge is 0.349 e. The van der Waals surface area contributed by atoms with E-state index in [1.165, 1.54) is 16.9 Å². The monoisotopic (exact) mass is 373 g/mol. The molecule has 5 nitrogen and oxygen atoms in total. The topological polar surface area (TPSA) is 64.6 Å². The Hall–Kier alpha value is -2.34. The van der Waals surface area contributed by atoms with E-state index in [2.05, 4.69) is 5.32 Å². The van der Waals surface area contributed by atoms with Gasteiger partial charge in [-0.15, -0.1) is 11.3 Å². The van der Waals surface area contributed by atoms with Crippen LogP contribution in [0.2, 0.25) is 0 Å². The van der Waals surface area contributed by atoms with Crippen LogP contribution in [0.4, 0.5) is 0 Å². The highest BCUT2D eigenvalue weighted by Gasteiger charge is 2.25. The van der Waals surface area contributed by atoms with Crippen LogP contribution in [0.15, 0.2) is 24.3 Å². The first-order valence-electron chi connectivity index (χ1n) is 8.70. The molecule has 0 spiro atoms. The maximum Gasteiger partial charge on any atom is 0.349 e. The van der Waals surface area contributed by atoms with E-state index in [9.17, 15) is 9.59 Å². The van der Waals surface area contributed by atoms with Gasteiger partial charge in [-0.1, -0.05) is 0 Å². The number of esters is 1. The number of thiophene rings is 1. The predicted octanol–water partition coefficient (Wildman–Crippen LogP) is 3.59. The fourth-order valence-corrected chi connectivity index (χ4v) is 4.17. The van der Waals surface area contributed by atoms with Crippen molar-refractivity contribution in [1.29, 1.82) is 0 Å². The molecule has 1 aromatic heterocycles. The quantitative estimate of drug-likeness (QED) is 0.814. The molecule has 2 aromatic rings. The van der Waals surface area contributed by atoms with E-state index in [0.29, 0.717) is 4.88 Å². The van der Waals surface area contributed by atoms with Crippen molar-refractivity contribution in [2.24, 2.45) is 0 Å². The molecule has 1 aliphatic rings. The number of aryl methyl sites for hydroxylation is 2. The third kappa shape index (κ3) is 3.75. The molecule has 1 heterocycles. The Morgan fingerprint density at radius 3 is 2.54 bits per heavy atom. The number of carbonyl (C=O) groups excluding carboxylic acids is 2. The Bertz CT molecular complexity index is 840. The van der Waals surface area contributed by atoms with Crippen LogP contribution in [0.25, 0.3) is 10.4 Å². The molecular formula is C20H23NO4S. The van der Waals surface area contributed by atoms with E-state index in [1.807, 2.05) is 38.1 Å². The van der Waals surface area contributed by atoms with E-state index in [0.717, 1.165) is 34.6 Å². The first-order chi connectivity index (χ1) is 12.4. The van der Waals surface area contributed by atoms with Crippen LogP contribution in [-0.4, -0.2) is 31.1 Å². The lowest BCUT2D eigenvalue weighted by Crippen LogP contribution is -2.39. The fourth-order valence-electron chi connectivity index (χ4n) is 3.01. The molecule has 0 radical (unpaired) electrons. The lowest BCUT2D eigenvalue weighted by Gasteiger charge is -2.16. The Morgan fingerprint density at radius 1 is 1.12 bits per heavy atom. The average molecular weight is 373 g/mol. The average Bonchev–Trinajstić information content (AvgIpc) is 3.05. The molecule has 0 fully saturated rings. The van der Waals surface area contributed by atoms with E-state index in [4.69, 9.17) is 9.47 Å². The van der Waals surface area contributed by atoms with Crippen molar-refractivity contribution in [3.05, 3.63) is 40.3 Å². The van der Waals surface area contributed by atoms with Crippen molar-refractivity contribution in [3.63, 3.8) is 0 Å². The van der Waals surface area contributed by atoms with Crippen LogP contribution in [0, 0.1) is 0 Å². The van der Waals surface area contributed by atoms with Crippen molar-refractivity contribution < 1.29 is 19.1 Å². The van der Waals surface area contributed by atoms with Gasteiger partial charge < -0.3 is 14.8 Å². The maximum atomic E-state index is 12.5. The molecule has 6 heteroatoms. The molecule has 0 saturated heterocycles. The van der Waals surface area contributed by atoms with Gasteiger partial charge >= 0.3 is 5.97 Å². The lowest BCUT2D eigenvalue weighted by atomic mass is 9.91. The zero-order valence-corrected chi connectivity index (χ0v) is 16.2. The van der Waals surface area contributed by atoms with Crippen molar-refractivity contribution in [3.8, 4) is 16.2 Å². The van der Waals surface area contributed by atoms with Gasteiger partial charge in [-0.25, -0.2) is 4.79 Å². The highest BCUT2D eigenvalue weighted by Crippen LogP contribution is 2.41. The van der Waals surface area contributed by atoms with Gasteiger partial charge in [0, 0.05) is 10.9 Å². The van der Waals surface area contributed by atoms with Gasteiger partial charge in [0.05, 0.1) is 7.11 Å². The number of amides is 1. The predicted molar refractivity (Wildman–Crippen MR) is 102 cm³/mol. The number of methoxy groups -OCH3 is 1. The SMILES string of the molecule is COc1ccc2c(c1)CCc1cc(C(=O)O[C@@H](C)C(=O)NC(C)C)sc1-2. The minimum atomic E-state index is -0.819. The summed E-state index contributed by atoms with van der Waals surface area (Å²) in [4.78, 5) is 26.0. The van der Waals surface area contributed by atoms with Gasteiger partial charge in [0.25, 0.3) is 5.91 Å². The number of ether oxygens (including phenoxy) is 2. The molecule has 1 N–H and O–H groups in total. The zero-order chi connectivity index (χ0) is 18.8. The number of nitrogens with one attached hydrogen (secondary N) is 1. The molecule has 1 amide bonds. The van der Waals surface area contributed by atoms with Crippen molar-refractivity contribution >= 4 is 23.2 Å². The second-order valence-corrected chi connectivity index (χ2v) is 7.75. The molecule has 1 aromatic carbocycles. The van der Waals surface area contributed by atoms with Gasteiger partial charge in [0.2, 0.25) is 0 Å². The standard InChI is InChI=1S/C20H23NO4S/c1-11(2)21-19(22)12(3)25-20(23)17-10-14-6-5-13-9-15(24-4)7-8-16(13)18(14)26-17/h7-12H,5-6H2,1-4H3,(H,21,22)/t12-/m0/s1. The first-order valence-corrected chi connectivity index (χ1v) is 9.52. The number of hydrogen-bond donors (Lipinski definition) is 1. The largest absolute Gasteiger partial charge is 0.497 e. The Kier molecular flexibility index (Phi) is 5.32. The van der Waals surface area contributed by atoms with Gasteiger partial charge in [-0.05, 0) is 74.6 Å². The number of fused-ring (bicyclic) bond motifs is 3. The van der Waals surface area contributed by atoms with Gasteiger partial charge in [-0.2, -0.15) is 0 Å². The minimum Gasteiger partial charge on any atom is -0.497 e. The summed E-state index contributed by atoms with van der Waals surface area (Å²) in [7, 11) is 1.66. The molecule has 1 aliphatic carbocycles. The van der Waals surface area contributed by atoms with Crippen molar-refractivity contribution in [1.82, 2.24) is 5.32 Å². The van der Waals surface area contributed by atoms with E-state index < -0.39 is 12.1 Å². The molecule has 0 aliphatic heterocycles.